The zero-order valence-electron chi connectivity index (χ0n) is 11.5. The van der Waals surface area contributed by atoms with Gasteiger partial charge in [-0.25, -0.2) is 13.1 Å². The number of hydrogen-bond donors (Lipinski definition) is 1. The average Bonchev–Trinajstić information content (AvgIpc) is 2.46. The summed E-state index contributed by atoms with van der Waals surface area (Å²) < 4.78 is 28.4. The number of sulfonamides is 1. The van der Waals surface area contributed by atoms with Gasteiger partial charge in [-0.15, -0.1) is 0 Å². The van der Waals surface area contributed by atoms with Gasteiger partial charge in [-0.05, 0) is 36.5 Å². The molecule has 21 heavy (non-hydrogen) atoms. The molecule has 0 aliphatic heterocycles. The zero-order valence-corrected chi connectivity index (χ0v) is 16.3. The van der Waals surface area contributed by atoms with E-state index in [4.69, 9.17) is 11.6 Å². The van der Waals surface area contributed by atoms with Gasteiger partial charge in [0.1, 0.15) is 4.90 Å². The first-order valence-corrected chi connectivity index (χ1v) is 10.7. The first-order chi connectivity index (χ1) is 9.88. The number of hydrogen-bond acceptors (Lipinski definition) is 2. The highest BCUT2D eigenvalue weighted by atomic mass is 79.9. The summed E-state index contributed by atoms with van der Waals surface area (Å²) in [7, 11) is -3.58. The molecule has 1 aromatic carbocycles. The molecule has 0 atom stereocenters. The van der Waals surface area contributed by atoms with Gasteiger partial charge in [0.2, 0.25) is 10.0 Å². The van der Waals surface area contributed by atoms with Gasteiger partial charge in [-0.1, -0.05) is 62.7 Å². The van der Waals surface area contributed by atoms with Crippen molar-refractivity contribution in [3.8, 4) is 0 Å². The number of alkyl halides is 1. The normalized spacial score (nSPS) is 18.6. The van der Waals surface area contributed by atoms with E-state index < -0.39 is 10.0 Å². The van der Waals surface area contributed by atoms with Gasteiger partial charge in [0, 0.05) is 16.3 Å². The predicted molar refractivity (Wildman–Crippen MR) is 93.7 cm³/mol. The number of benzene rings is 1. The van der Waals surface area contributed by atoms with Crippen LogP contribution in [-0.2, 0) is 10.0 Å². The van der Waals surface area contributed by atoms with Crippen molar-refractivity contribution in [2.75, 3.05) is 11.9 Å². The van der Waals surface area contributed by atoms with Crippen molar-refractivity contribution < 1.29 is 8.42 Å². The van der Waals surface area contributed by atoms with Crippen LogP contribution in [0.15, 0.2) is 27.6 Å². The van der Waals surface area contributed by atoms with E-state index in [9.17, 15) is 8.42 Å². The van der Waals surface area contributed by atoms with Crippen LogP contribution in [0.25, 0.3) is 0 Å². The third kappa shape index (κ3) is 4.44. The van der Waals surface area contributed by atoms with Crippen molar-refractivity contribution in [1.29, 1.82) is 0 Å². The maximum atomic E-state index is 12.4. The van der Waals surface area contributed by atoms with Crippen LogP contribution in [0.2, 0.25) is 5.02 Å². The molecule has 0 radical (unpaired) electrons. The highest BCUT2D eigenvalue weighted by molar-refractivity contribution is 9.10. The smallest absolute Gasteiger partial charge is 0.211 e. The summed E-state index contributed by atoms with van der Waals surface area (Å²) in [5.74, 6) is 0. The van der Waals surface area contributed by atoms with E-state index in [1.54, 1.807) is 12.1 Å². The van der Waals surface area contributed by atoms with E-state index in [2.05, 4.69) is 36.6 Å². The van der Waals surface area contributed by atoms with Crippen molar-refractivity contribution in [1.82, 2.24) is 4.72 Å². The molecule has 118 valence electrons. The van der Waals surface area contributed by atoms with Gasteiger partial charge in [0.15, 0.2) is 0 Å². The molecule has 0 spiro atoms. The fraction of sp³-hybridized carbons (Fsp3) is 0.571. The highest BCUT2D eigenvalue weighted by Gasteiger charge is 2.32. The molecule has 1 aromatic rings. The summed E-state index contributed by atoms with van der Waals surface area (Å²) in [6, 6.07) is 4.80. The quantitative estimate of drug-likeness (QED) is 0.648. The summed E-state index contributed by atoms with van der Waals surface area (Å²) in [4.78, 5) is 0.132. The van der Waals surface area contributed by atoms with E-state index in [1.165, 1.54) is 12.5 Å². The minimum absolute atomic E-state index is 0.0210. The van der Waals surface area contributed by atoms with Crippen LogP contribution < -0.4 is 4.72 Å². The molecule has 1 saturated carbocycles. The summed E-state index contributed by atoms with van der Waals surface area (Å²) in [6.07, 6.45) is 5.66. The second-order valence-corrected chi connectivity index (χ2v) is 9.21. The first-order valence-electron chi connectivity index (χ1n) is 6.89. The van der Waals surface area contributed by atoms with Crippen molar-refractivity contribution in [3.05, 3.63) is 27.7 Å². The molecular weight excluding hydrogens is 441 g/mol. The molecule has 0 bridgehead atoms. The van der Waals surface area contributed by atoms with Crippen LogP contribution in [-0.4, -0.2) is 20.3 Å². The minimum Gasteiger partial charge on any atom is -0.211 e. The predicted octanol–water partition coefficient (Wildman–Crippen LogP) is 4.73. The van der Waals surface area contributed by atoms with Gasteiger partial charge in [0.05, 0.1) is 5.02 Å². The Morgan fingerprint density at radius 2 is 1.90 bits per heavy atom. The van der Waals surface area contributed by atoms with Crippen LogP contribution in [0.3, 0.4) is 0 Å². The van der Waals surface area contributed by atoms with Crippen molar-refractivity contribution in [3.63, 3.8) is 0 Å². The summed E-state index contributed by atoms with van der Waals surface area (Å²) in [5.41, 5.74) is 0.0210. The Kier molecular flexibility index (Phi) is 6.16. The Labute approximate surface area is 148 Å². The molecule has 2 rings (SSSR count). The Morgan fingerprint density at radius 3 is 2.48 bits per heavy atom. The molecule has 1 aliphatic rings. The topological polar surface area (TPSA) is 46.2 Å². The highest BCUT2D eigenvalue weighted by Crippen LogP contribution is 2.37. The van der Waals surface area contributed by atoms with Gasteiger partial charge < -0.3 is 0 Å². The first kappa shape index (κ1) is 17.7. The maximum Gasteiger partial charge on any atom is 0.242 e. The van der Waals surface area contributed by atoms with Gasteiger partial charge in [0.25, 0.3) is 0 Å². The molecule has 1 fully saturated rings. The van der Waals surface area contributed by atoms with Crippen molar-refractivity contribution in [2.45, 2.75) is 37.0 Å². The lowest BCUT2D eigenvalue weighted by Gasteiger charge is -2.35. The van der Waals surface area contributed by atoms with Crippen LogP contribution in [0, 0.1) is 5.41 Å². The minimum atomic E-state index is -3.58. The lowest BCUT2D eigenvalue weighted by molar-refractivity contribution is 0.227. The Morgan fingerprint density at radius 1 is 1.24 bits per heavy atom. The fourth-order valence-corrected chi connectivity index (χ4v) is 5.63. The second-order valence-electron chi connectivity index (χ2n) is 5.59. The van der Waals surface area contributed by atoms with E-state index in [-0.39, 0.29) is 15.3 Å². The van der Waals surface area contributed by atoms with Gasteiger partial charge >= 0.3 is 0 Å². The Hall–Kier alpha value is 0.380. The molecule has 3 nitrogen and oxygen atoms in total. The largest absolute Gasteiger partial charge is 0.242 e. The van der Waals surface area contributed by atoms with E-state index in [0.29, 0.717) is 6.54 Å². The van der Waals surface area contributed by atoms with E-state index in [0.717, 1.165) is 35.5 Å². The monoisotopic (exact) mass is 457 g/mol. The number of halogens is 3. The van der Waals surface area contributed by atoms with Crippen LogP contribution in [0.1, 0.15) is 32.1 Å². The van der Waals surface area contributed by atoms with Crippen LogP contribution >= 0.6 is 43.5 Å². The molecule has 0 saturated heterocycles. The third-order valence-corrected chi connectivity index (χ3v) is 7.59. The van der Waals surface area contributed by atoms with Crippen molar-refractivity contribution in [2.24, 2.45) is 5.41 Å². The summed E-state index contributed by atoms with van der Waals surface area (Å²) >= 11 is 12.9. The molecule has 1 N–H and O–H groups in total. The molecule has 1 aliphatic carbocycles. The summed E-state index contributed by atoms with van der Waals surface area (Å²) in [6.45, 7) is 0.451. The van der Waals surface area contributed by atoms with Crippen LogP contribution in [0.4, 0.5) is 0 Å². The molecule has 0 amide bonds. The van der Waals surface area contributed by atoms with Gasteiger partial charge in [-0.2, -0.15) is 0 Å². The molecular formula is C14H18Br2ClNO2S. The Bertz CT molecular complexity index is 601. The Balaban J connectivity index is 2.13. The fourth-order valence-electron chi connectivity index (χ4n) is 2.68. The van der Waals surface area contributed by atoms with E-state index in [1.807, 2.05) is 0 Å². The van der Waals surface area contributed by atoms with Crippen molar-refractivity contribution >= 4 is 53.5 Å². The standard InChI is InChI=1S/C14H18Br2ClNO2S/c15-9-14(6-2-1-3-7-14)10-18-21(19,20)13-5-4-11(16)8-12(13)17/h4-5,8,18H,1-3,6-7,9-10H2. The molecule has 7 heteroatoms. The van der Waals surface area contributed by atoms with Gasteiger partial charge in [-0.3, -0.25) is 0 Å². The van der Waals surface area contributed by atoms with Crippen LogP contribution in [0.5, 0.6) is 0 Å². The third-order valence-electron chi connectivity index (χ3n) is 4.02. The zero-order chi connectivity index (χ0) is 15.5. The second kappa shape index (κ2) is 7.30. The lowest BCUT2D eigenvalue weighted by atomic mass is 9.76. The molecule has 0 unspecified atom stereocenters. The molecule has 0 heterocycles. The SMILES string of the molecule is O=S(=O)(NCC1(CBr)CCCCC1)c1ccc(Br)cc1Cl. The lowest BCUT2D eigenvalue weighted by Crippen LogP contribution is -2.40. The average molecular weight is 460 g/mol. The molecule has 0 aromatic heterocycles. The number of nitrogens with one attached hydrogen (secondary N) is 1. The maximum absolute atomic E-state index is 12.4. The van der Waals surface area contributed by atoms with E-state index >= 15 is 0 Å². The summed E-state index contributed by atoms with van der Waals surface area (Å²) in [5, 5.41) is 1.05. The number of rotatable bonds is 5.